The topological polar surface area (TPSA) is 46.2 Å². The van der Waals surface area contributed by atoms with Crippen molar-refractivity contribution in [3.8, 4) is 0 Å². The lowest BCUT2D eigenvalue weighted by molar-refractivity contribution is 0.578. The van der Waals surface area contributed by atoms with E-state index in [1.54, 1.807) is 0 Å². The highest BCUT2D eigenvalue weighted by atomic mass is 79.9. The zero-order valence-electron chi connectivity index (χ0n) is 9.19. The van der Waals surface area contributed by atoms with Gasteiger partial charge in [-0.2, -0.15) is 0 Å². The van der Waals surface area contributed by atoms with Crippen LogP contribution in [-0.4, -0.2) is 19.8 Å². The van der Waals surface area contributed by atoms with Gasteiger partial charge in [0.1, 0.15) is 0 Å². The molecule has 1 unspecified atom stereocenters. The van der Waals surface area contributed by atoms with Gasteiger partial charge in [-0.3, -0.25) is 0 Å². The summed E-state index contributed by atoms with van der Waals surface area (Å²) in [4.78, 5) is 0.326. The number of nitrogens with one attached hydrogen (secondary N) is 1. The fraction of sp³-hybridized carbons (Fsp3) is 0.455. The predicted molar refractivity (Wildman–Crippen MR) is 70.1 cm³/mol. The molecule has 0 aliphatic rings. The van der Waals surface area contributed by atoms with Crippen molar-refractivity contribution >= 4 is 26.0 Å². The van der Waals surface area contributed by atoms with Gasteiger partial charge in [-0.05, 0) is 12.0 Å². The van der Waals surface area contributed by atoms with E-state index >= 15 is 0 Å². The molecular weight excluding hydrogens is 290 g/mol. The number of alkyl halides is 1. The fourth-order valence-electron chi connectivity index (χ4n) is 1.26. The van der Waals surface area contributed by atoms with Gasteiger partial charge in [0.15, 0.2) is 0 Å². The van der Waals surface area contributed by atoms with E-state index in [0.717, 1.165) is 12.0 Å². The fourth-order valence-corrected chi connectivity index (χ4v) is 2.65. The average Bonchev–Trinajstić information content (AvgIpc) is 2.17. The lowest BCUT2D eigenvalue weighted by Crippen LogP contribution is -2.27. The summed E-state index contributed by atoms with van der Waals surface area (Å²) in [5.74, 6) is 0.0461. The number of hydrogen-bond donors (Lipinski definition) is 1. The van der Waals surface area contributed by atoms with Gasteiger partial charge >= 0.3 is 0 Å². The molecule has 90 valence electrons. The molecule has 3 nitrogen and oxygen atoms in total. The summed E-state index contributed by atoms with van der Waals surface area (Å²) < 4.78 is 25.9. The summed E-state index contributed by atoms with van der Waals surface area (Å²) in [6.45, 7) is 2.47. The lowest BCUT2D eigenvalue weighted by Gasteiger charge is -2.07. The van der Waals surface area contributed by atoms with Crippen LogP contribution in [0.4, 0.5) is 0 Å². The van der Waals surface area contributed by atoms with E-state index in [4.69, 9.17) is 0 Å². The summed E-state index contributed by atoms with van der Waals surface area (Å²) >= 11 is 3.37. The van der Waals surface area contributed by atoms with Crippen LogP contribution in [0.1, 0.15) is 18.9 Å². The number of sulfonamides is 1. The summed E-state index contributed by atoms with van der Waals surface area (Å²) in [7, 11) is -3.20. The quantitative estimate of drug-likeness (QED) is 0.820. The van der Waals surface area contributed by atoms with E-state index < -0.39 is 10.0 Å². The van der Waals surface area contributed by atoms with Gasteiger partial charge in [0.05, 0.1) is 5.75 Å². The third kappa shape index (κ3) is 5.63. The zero-order chi connectivity index (χ0) is 12.0. The zero-order valence-corrected chi connectivity index (χ0v) is 11.6. The Morgan fingerprint density at radius 3 is 2.50 bits per heavy atom. The Balaban J connectivity index is 2.46. The first-order chi connectivity index (χ1) is 7.49. The summed E-state index contributed by atoms with van der Waals surface area (Å²) in [6, 6.07) is 9.17. The van der Waals surface area contributed by atoms with Gasteiger partial charge in [-0.1, -0.05) is 53.2 Å². The Kier molecular flexibility index (Phi) is 5.44. The maximum absolute atomic E-state index is 11.7. The second-order valence-corrected chi connectivity index (χ2v) is 7.08. The monoisotopic (exact) mass is 305 g/mol. The molecule has 16 heavy (non-hydrogen) atoms. The second kappa shape index (κ2) is 6.37. The van der Waals surface area contributed by atoms with Crippen LogP contribution >= 0.6 is 15.9 Å². The highest BCUT2D eigenvalue weighted by Crippen LogP contribution is 2.05. The Hall–Kier alpha value is -0.390. The maximum atomic E-state index is 11.7. The minimum Gasteiger partial charge on any atom is -0.215 e. The number of hydrogen-bond acceptors (Lipinski definition) is 2. The van der Waals surface area contributed by atoms with E-state index in [0.29, 0.717) is 11.4 Å². The lowest BCUT2D eigenvalue weighted by atomic mass is 10.2. The van der Waals surface area contributed by atoms with Crippen molar-refractivity contribution in [2.75, 3.05) is 6.54 Å². The maximum Gasteiger partial charge on any atom is 0.215 e. The van der Waals surface area contributed by atoms with Gasteiger partial charge < -0.3 is 0 Å². The minimum absolute atomic E-state index is 0.0461. The average molecular weight is 306 g/mol. The van der Waals surface area contributed by atoms with Crippen LogP contribution < -0.4 is 4.72 Å². The molecule has 0 fully saturated rings. The standard InChI is InChI=1S/C11H16BrNO2S/c1-10(12)7-8-13-16(14,15)9-11-5-3-2-4-6-11/h2-6,10,13H,7-9H2,1H3. The molecule has 1 aromatic carbocycles. The molecule has 0 heterocycles. The molecule has 0 aromatic heterocycles. The largest absolute Gasteiger partial charge is 0.215 e. The van der Waals surface area contributed by atoms with Crippen LogP contribution in [-0.2, 0) is 15.8 Å². The first kappa shape index (κ1) is 13.7. The Morgan fingerprint density at radius 2 is 1.94 bits per heavy atom. The molecule has 1 rings (SSSR count). The van der Waals surface area contributed by atoms with Gasteiger partial charge in [0.25, 0.3) is 0 Å². The third-order valence-electron chi connectivity index (χ3n) is 2.06. The highest BCUT2D eigenvalue weighted by Gasteiger charge is 2.10. The van der Waals surface area contributed by atoms with E-state index in [9.17, 15) is 8.42 Å². The summed E-state index contributed by atoms with van der Waals surface area (Å²) in [6.07, 6.45) is 0.786. The van der Waals surface area contributed by atoms with Crippen molar-refractivity contribution in [2.45, 2.75) is 23.9 Å². The first-order valence-corrected chi connectivity index (χ1v) is 7.72. The van der Waals surface area contributed by atoms with Crippen molar-refractivity contribution in [3.05, 3.63) is 35.9 Å². The molecular formula is C11H16BrNO2S. The third-order valence-corrected chi connectivity index (χ3v) is 3.88. The van der Waals surface area contributed by atoms with Crippen LogP contribution in [0.25, 0.3) is 0 Å². The molecule has 1 aromatic rings. The van der Waals surface area contributed by atoms with Crippen LogP contribution in [0.5, 0.6) is 0 Å². The van der Waals surface area contributed by atoms with Crippen molar-refractivity contribution in [1.29, 1.82) is 0 Å². The number of halogens is 1. The van der Waals surface area contributed by atoms with Crippen LogP contribution in [0.15, 0.2) is 30.3 Å². The molecule has 1 N–H and O–H groups in total. The van der Waals surface area contributed by atoms with Gasteiger partial charge in [-0.15, -0.1) is 0 Å². The molecule has 0 spiro atoms. The summed E-state index contributed by atoms with van der Waals surface area (Å²) in [5.41, 5.74) is 0.807. The molecule has 0 saturated carbocycles. The molecule has 0 aliphatic heterocycles. The molecule has 0 saturated heterocycles. The van der Waals surface area contributed by atoms with Gasteiger partial charge in [0, 0.05) is 11.4 Å². The van der Waals surface area contributed by atoms with Gasteiger partial charge in [0.2, 0.25) is 10.0 Å². The predicted octanol–water partition coefficient (Wildman–Crippen LogP) is 2.28. The van der Waals surface area contributed by atoms with Gasteiger partial charge in [-0.25, -0.2) is 13.1 Å². The Bertz CT molecular complexity index is 403. The van der Waals surface area contributed by atoms with E-state index in [-0.39, 0.29) is 5.75 Å². The summed E-state index contributed by atoms with van der Waals surface area (Å²) in [5, 5.41) is 0. The number of benzene rings is 1. The SMILES string of the molecule is CC(Br)CCNS(=O)(=O)Cc1ccccc1. The normalized spacial score (nSPS) is 13.6. The van der Waals surface area contributed by atoms with Crippen molar-refractivity contribution in [3.63, 3.8) is 0 Å². The molecule has 1 atom stereocenters. The van der Waals surface area contributed by atoms with Crippen molar-refractivity contribution in [2.24, 2.45) is 0 Å². The molecule has 0 bridgehead atoms. The van der Waals surface area contributed by atoms with Crippen LogP contribution in [0.3, 0.4) is 0 Å². The molecule has 0 aliphatic carbocycles. The van der Waals surface area contributed by atoms with Crippen LogP contribution in [0, 0.1) is 0 Å². The van der Waals surface area contributed by atoms with Crippen molar-refractivity contribution < 1.29 is 8.42 Å². The van der Waals surface area contributed by atoms with Crippen molar-refractivity contribution in [1.82, 2.24) is 4.72 Å². The van der Waals surface area contributed by atoms with Crippen LogP contribution in [0.2, 0.25) is 0 Å². The Labute approximate surface area is 105 Å². The number of rotatable bonds is 6. The van der Waals surface area contributed by atoms with E-state index in [1.165, 1.54) is 0 Å². The Morgan fingerprint density at radius 1 is 1.31 bits per heavy atom. The molecule has 0 radical (unpaired) electrons. The second-order valence-electron chi connectivity index (χ2n) is 3.71. The molecule has 5 heteroatoms. The van der Waals surface area contributed by atoms with E-state index in [2.05, 4.69) is 20.7 Å². The smallest absolute Gasteiger partial charge is 0.215 e. The van der Waals surface area contributed by atoms with E-state index in [1.807, 2.05) is 37.3 Å². The minimum atomic E-state index is -3.20. The highest BCUT2D eigenvalue weighted by molar-refractivity contribution is 9.09. The first-order valence-electron chi connectivity index (χ1n) is 5.15. The molecule has 0 amide bonds.